The van der Waals surface area contributed by atoms with E-state index in [0.717, 1.165) is 11.1 Å². The van der Waals surface area contributed by atoms with E-state index in [1.165, 1.54) is 0 Å². The highest BCUT2D eigenvalue weighted by Crippen LogP contribution is 2.20. The van der Waals surface area contributed by atoms with E-state index in [2.05, 4.69) is 5.32 Å². The van der Waals surface area contributed by atoms with Crippen LogP contribution in [0.1, 0.15) is 35.3 Å². The number of esters is 1. The molecule has 0 radical (unpaired) electrons. The van der Waals surface area contributed by atoms with Crippen molar-refractivity contribution in [3.05, 3.63) is 59.2 Å². The van der Waals surface area contributed by atoms with E-state index < -0.39 is 6.10 Å². The molecule has 0 saturated carbocycles. The number of anilines is 1. The van der Waals surface area contributed by atoms with Crippen molar-refractivity contribution in [1.29, 1.82) is 0 Å². The highest BCUT2D eigenvalue weighted by atomic mass is 16.5. The maximum atomic E-state index is 12.3. The third-order valence-electron chi connectivity index (χ3n) is 3.67. The molecule has 0 aliphatic carbocycles. The van der Waals surface area contributed by atoms with Crippen LogP contribution in [0.15, 0.2) is 42.5 Å². The Morgan fingerprint density at radius 2 is 1.76 bits per heavy atom. The summed E-state index contributed by atoms with van der Waals surface area (Å²) < 4.78 is 10.7. The zero-order chi connectivity index (χ0) is 18.4. The Bertz CT molecular complexity index is 753. The second-order valence-electron chi connectivity index (χ2n) is 5.82. The third-order valence-corrected chi connectivity index (χ3v) is 3.67. The van der Waals surface area contributed by atoms with E-state index in [4.69, 9.17) is 9.47 Å². The first-order valence-electron chi connectivity index (χ1n) is 8.22. The molecule has 0 spiro atoms. The van der Waals surface area contributed by atoms with Gasteiger partial charge in [0.25, 0.3) is 5.91 Å². The fourth-order valence-electron chi connectivity index (χ4n) is 2.32. The Balaban J connectivity index is 1.97. The van der Waals surface area contributed by atoms with E-state index in [9.17, 15) is 9.59 Å². The zero-order valence-electron chi connectivity index (χ0n) is 15.0. The predicted molar refractivity (Wildman–Crippen MR) is 97.0 cm³/mol. The molecule has 5 heteroatoms. The standard InChI is InChI=1S/C20H23NO4/c1-5-24-20(23)16-7-9-17(10-8-16)21-19(22)15(4)25-18-11-6-13(2)12-14(18)3/h6-12,15H,5H2,1-4H3,(H,21,22). The van der Waals surface area contributed by atoms with Crippen LogP contribution in [0.25, 0.3) is 0 Å². The molecule has 25 heavy (non-hydrogen) atoms. The fourth-order valence-corrected chi connectivity index (χ4v) is 2.32. The molecule has 0 fully saturated rings. The number of carbonyl (C=O) groups excluding carboxylic acids is 2. The molecule has 5 nitrogen and oxygen atoms in total. The van der Waals surface area contributed by atoms with Crippen molar-refractivity contribution in [2.24, 2.45) is 0 Å². The van der Waals surface area contributed by atoms with Gasteiger partial charge in [-0.25, -0.2) is 4.79 Å². The summed E-state index contributed by atoms with van der Waals surface area (Å²) in [5, 5.41) is 2.77. The molecule has 132 valence electrons. The lowest BCUT2D eigenvalue weighted by Crippen LogP contribution is -2.30. The van der Waals surface area contributed by atoms with Gasteiger partial charge < -0.3 is 14.8 Å². The molecule has 0 saturated heterocycles. The molecule has 0 heterocycles. The Morgan fingerprint density at radius 1 is 1.08 bits per heavy atom. The van der Waals surface area contributed by atoms with Crippen molar-refractivity contribution >= 4 is 17.6 Å². The number of benzene rings is 2. The minimum atomic E-state index is -0.647. The summed E-state index contributed by atoms with van der Waals surface area (Å²) in [5.41, 5.74) is 3.16. The van der Waals surface area contributed by atoms with Gasteiger partial charge >= 0.3 is 5.97 Å². The van der Waals surface area contributed by atoms with Crippen LogP contribution < -0.4 is 10.1 Å². The Labute approximate surface area is 148 Å². The maximum Gasteiger partial charge on any atom is 0.338 e. The number of aryl methyl sites for hydroxylation is 2. The Kier molecular flexibility index (Phi) is 6.17. The van der Waals surface area contributed by atoms with Crippen LogP contribution in [0.3, 0.4) is 0 Å². The number of hydrogen-bond donors (Lipinski definition) is 1. The lowest BCUT2D eigenvalue weighted by molar-refractivity contribution is -0.122. The number of hydrogen-bond acceptors (Lipinski definition) is 4. The van der Waals surface area contributed by atoms with Gasteiger partial charge in [0.05, 0.1) is 12.2 Å². The van der Waals surface area contributed by atoms with E-state index in [-0.39, 0.29) is 11.9 Å². The molecular formula is C20H23NO4. The predicted octanol–water partition coefficient (Wildman–Crippen LogP) is 3.89. The molecule has 0 aliphatic heterocycles. The van der Waals surface area contributed by atoms with Crippen LogP contribution in [0.2, 0.25) is 0 Å². The van der Waals surface area contributed by atoms with E-state index in [0.29, 0.717) is 23.6 Å². The smallest absolute Gasteiger partial charge is 0.338 e. The monoisotopic (exact) mass is 341 g/mol. The normalized spacial score (nSPS) is 11.5. The van der Waals surface area contributed by atoms with Crippen LogP contribution in [0.4, 0.5) is 5.69 Å². The molecule has 2 rings (SSSR count). The molecule has 1 unspecified atom stereocenters. The first-order valence-corrected chi connectivity index (χ1v) is 8.22. The minimum absolute atomic E-state index is 0.260. The fraction of sp³-hybridized carbons (Fsp3) is 0.300. The van der Waals surface area contributed by atoms with Gasteiger partial charge in [0, 0.05) is 5.69 Å². The van der Waals surface area contributed by atoms with Crippen LogP contribution in [-0.4, -0.2) is 24.6 Å². The summed E-state index contributed by atoms with van der Waals surface area (Å²) in [7, 11) is 0. The van der Waals surface area contributed by atoms with Crippen molar-refractivity contribution < 1.29 is 19.1 Å². The quantitative estimate of drug-likeness (QED) is 0.810. The summed E-state index contributed by atoms with van der Waals surface area (Å²) in [6.07, 6.45) is -0.647. The van der Waals surface area contributed by atoms with Gasteiger partial charge in [0.1, 0.15) is 5.75 Å². The van der Waals surface area contributed by atoms with E-state index >= 15 is 0 Å². The van der Waals surface area contributed by atoms with E-state index in [1.807, 2.05) is 32.0 Å². The highest BCUT2D eigenvalue weighted by molar-refractivity contribution is 5.95. The van der Waals surface area contributed by atoms with Gasteiger partial charge in [-0.05, 0) is 63.6 Å². The van der Waals surface area contributed by atoms with Crippen LogP contribution in [-0.2, 0) is 9.53 Å². The lowest BCUT2D eigenvalue weighted by Gasteiger charge is -2.16. The lowest BCUT2D eigenvalue weighted by atomic mass is 10.1. The first kappa shape index (κ1) is 18.5. The highest BCUT2D eigenvalue weighted by Gasteiger charge is 2.16. The van der Waals surface area contributed by atoms with Gasteiger partial charge in [0.2, 0.25) is 0 Å². The van der Waals surface area contributed by atoms with Gasteiger partial charge in [-0.1, -0.05) is 17.7 Å². The van der Waals surface area contributed by atoms with Gasteiger partial charge in [0.15, 0.2) is 6.10 Å². The van der Waals surface area contributed by atoms with Crippen molar-refractivity contribution in [3.8, 4) is 5.75 Å². The molecule has 0 bridgehead atoms. The first-order chi connectivity index (χ1) is 11.9. The topological polar surface area (TPSA) is 64.6 Å². The largest absolute Gasteiger partial charge is 0.481 e. The Morgan fingerprint density at radius 3 is 2.36 bits per heavy atom. The SMILES string of the molecule is CCOC(=O)c1ccc(NC(=O)C(C)Oc2ccc(C)cc2C)cc1. The second kappa shape index (κ2) is 8.33. The second-order valence-corrected chi connectivity index (χ2v) is 5.82. The number of amides is 1. The number of ether oxygens (including phenoxy) is 2. The molecule has 2 aromatic rings. The average Bonchev–Trinajstić information content (AvgIpc) is 2.58. The average molecular weight is 341 g/mol. The molecule has 2 aromatic carbocycles. The number of nitrogens with one attached hydrogen (secondary N) is 1. The van der Waals surface area contributed by atoms with Crippen molar-refractivity contribution in [2.75, 3.05) is 11.9 Å². The van der Waals surface area contributed by atoms with Crippen LogP contribution >= 0.6 is 0 Å². The number of rotatable bonds is 6. The molecular weight excluding hydrogens is 318 g/mol. The zero-order valence-corrected chi connectivity index (χ0v) is 15.0. The Hall–Kier alpha value is -2.82. The van der Waals surface area contributed by atoms with E-state index in [1.54, 1.807) is 38.1 Å². The summed E-state index contributed by atoms with van der Waals surface area (Å²) in [6, 6.07) is 12.4. The summed E-state index contributed by atoms with van der Waals surface area (Å²) in [5.74, 6) is 0.0432. The van der Waals surface area contributed by atoms with Gasteiger partial charge in [-0.15, -0.1) is 0 Å². The van der Waals surface area contributed by atoms with Gasteiger partial charge in [-0.3, -0.25) is 4.79 Å². The summed E-state index contributed by atoms with van der Waals surface area (Å²) in [4.78, 5) is 23.9. The molecule has 1 N–H and O–H groups in total. The number of carbonyl (C=O) groups is 2. The molecule has 0 aliphatic rings. The van der Waals surface area contributed by atoms with Crippen molar-refractivity contribution in [2.45, 2.75) is 33.8 Å². The van der Waals surface area contributed by atoms with Crippen LogP contribution in [0, 0.1) is 13.8 Å². The summed E-state index contributed by atoms with van der Waals surface area (Å²) >= 11 is 0. The molecule has 1 atom stereocenters. The van der Waals surface area contributed by atoms with Crippen molar-refractivity contribution in [1.82, 2.24) is 0 Å². The summed E-state index contributed by atoms with van der Waals surface area (Å²) in [6.45, 7) is 7.73. The molecule has 1 amide bonds. The van der Waals surface area contributed by atoms with Crippen LogP contribution in [0.5, 0.6) is 5.75 Å². The maximum absolute atomic E-state index is 12.3. The minimum Gasteiger partial charge on any atom is -0.481 e. The van der Waals surface area contributed by atoms with Crippen molar-refractivity contribution in [3.63, 3.8) is 0 Å². The molecule has 0 aromatic heterocycles. The third kappa shape index (κ3) is 5.08. The van der Waals surface area contributed by atoms with Gasteiger partial charge in [-0.2, -0.15) is 0 Å².